The molecule has 0 aromatic heterocycles. The molecule has 0 saturated heterocycles. The van der Waals surface area contributed by atoms with Crippen molar-refractivity contribution >= 4 is 12.1 Å². The summed E-state index contributed by atoms with van der Waals surface area (Å²) < 4.78 is 10.5. The Hall–Kier alpha value is -2.49. The molecule has 0 bridgehead atoms. The van der Waals surface area contributed by atoms with Gasteiger partial charge >= 0.3 is 0 Å². The predicted octanol–water partition coefficient (Wildman–Crippen LogP) is 2.94. The summed E-state index contributed by atoms with van der Waals surface area (Å²) in [6.45, 7) is 0. The van der Waals surface area contributed by atoms with Crippen LogP contribution in [0, 0.1) is 0 Å². The van der Waals surface area contributed by atoms with Gasteiger partial charge in [0.05, 0.1) is 14.2 Å². The topological polar surface area (TPSA) is 47.6 Å². The van der Waals surface area contributed by atoms with Gasteiger partial charge in [-0.1, -0.05) is 12.1 Å². The highest BCUT2D eigenvalue weighted by Gasteiger charge is 2.07. The summed E-state index contributed by atoms with van der Waals surface area (Å²) in [6, 6.07) is 13.2. The SMILES string of the molecule is COc1ccc(-c2ccc(NC=O)cc2)c(OC)c1. The molecule has 0 aliphatic heterocycles. The van der Waals surface area contributed by atoms with Crippen molar-refractivity contribution < 1.29 is 14.3 Å². The Labute approximate surface area is 112 Å². The minimum absolute atomic E-state index is 0.656. The zero-order chi connectivity index (χ0) is 13.7. The number of nitrogens with one attached hydrogen (secondary N) is 1. The molecule has 0 fully saturated rings. The molecular formula is C15H15NO3. The lowest BCUT2D eigenvalue weighted by molar-refractivity contribution is -0.105. The standard InChI is InChI=1S/C15H15NO3/c1-18-13-7-8-14(15(9-13)19-2)11-3-5-12(6-4-11)16-10-17/h3-10H,1-2H3,(H,16,17). The minimum atomic E-state index is 0.656. The van der Waals surface area contributed by atoms with Crippen LogP contribution >= 0.6 is 0 Å². The van der Waals surface area contributed by atoms with E-state index in [-0.39, 0.29) is 0 Å². The van der Waals surface area contributed by atoms with Crippen molar-refractivity contribution in [2.24, 2.45) is 0 Å². The average Bonchev–Trinajstić information content (AvgIpc) is 2.48. The van der Waals surface area contributed by atoms with Gasteiger partial charge in [0, 0.05) is 17.3 Å². The van der Waals surface area contributed by atoms with Crippen LogP contribution in [0.25, 0.3) is 11.1 Å². The van der Waals surface area contributed by atoms with Crippen LogP contribution in [-0.4, -0.2) is 20.6 Å². The lowest BCUT2D eigenvalue weighted by Crippen LogP contribution is -1.93. The number of methoxy groups -OCH3 is 2. The molecular weight excluding hydrogens is 242 g/mol. The van der Waals surface area contributed by atoms with Crippen molar-refractivity contribution in [2.45, 2.75) is 0 Å². The lowest BCUT2D eigenvalue weighted by Gasteiger charge is -2.11. The van der Waals surface area contributed by atoms with E-state index >= 15 is 0 Å². The highest BCUT2D eigenvalue weighted by Crippen LogP contribution is 2.33. The Bertz CT molecular complexity index is 564. The summed E-state index contributed by atoms with van der Waals surface area (Å²) in [5, 5.41) is 2.60. The van der Waals surface area contributed by atoms with Crippen LogP contribution in [0.5, 0.6) is 11.5 Å². The molecule has 98 valence electrons. The molecule has 0 heterocycles. The number of hydrogen-bond acceptors (Lipinski definition) is 3. The summed E-state index contributed by atoms with van der Waals surface area (Å²) in [7, 11) is 3.24. The molecule has 0 radical (unpaired) electrons. The van der Waals surface area contributed by atoms with Gasteiger partial charge in [-0.3, -0.25) is 4.79 Å². The number of carbonyl (C=O) groups excluding carboxylic acids is 1. The number of ether oxygens (including phenoxy) is 2. The van der Waals surface area contributed by atoms with Gasteiger partial charge in [-0.05, 0) is 29.8 Å². The number of benzene rings is 2. The fourth-order valence-electron chi connectivity index (χ4n) is 1.85. The van der Waals surface area contributed by atoms with E-state index in [0.717, 1.165) is 28.3 Å². The van der Waals surface area contributed by atoms with Crippen LogP contribution in [0.2, 0.25) is 0 Å². The van der Waals surface area contributed by atoms with Crippen molar-refractivity contribution in [1.82, 2.24) is 0 Å². The fraction of sp³-hybridized carbons (Fsp3) is 0.133. The smallest absolute Gasteiger partial charge is 0.211 e. The molecule has 2 aromatic carbocycles. The zero-order valence-electron chi connectivity index (χ0n) is 10.8. The Morgan fingerprint density at radius 2 is 1.74 bits per heavy atom. The lowest BCUT2D eigenvalue weighted by atomic mass is 10.0. The maximum atomic E-state index is 10.4. The van der Waals surface area contributed by atoms with E-state index in [2.05, 4.69) is 5.32 Å². The van der Waals surface area contributed by atoms with E-state index in [1.54, 1.807) is 14.2 Å². The highest BCUT2D eigenvalue weighted by atomic mass is 16.5. The molecule has 19 heavy (non-hydrogen) atoms. The van der Waals surface area contributed by atoms with E-state index < -0.39 is 0 Å². The fourth-order valence-corrected chi connectivity index (χ4v) is 1.85. The third kappa shape index (κ3) is 2.85. The summed E-state index contributed by atoms with van der Waals surface area (Å²) in [5.74, 6) is 1.50. The van der Waals surface area contributed by atoms with Crippen molar-refractivity contribution in [2.75, 3.05) is 19.5 Å². The predicted molar refractivity (Wildman–Crippen MR) is 74.7 cm³/mol. The minimum Gasteiger partial charge on any atom is -0.497 e. The van der Waals surface area contributed by atoms with Crippen LogP contribution in [0.4, 0.5) is 5.69 Å². The van der Waals surface area contributed by atoms with Crippen molar-refractivity contribution in [3.05, 3.63) is 42.5 Å². The van der Waals surface area contributed by atoms with Crippen molar-refractivity contribution in [1.29, 1.82) is 0 Å². The number of hydrogen-bond donors (Lipinski definition) is 1. The molecule has 0 atom stereocenters. The highest BCUT2D eigenvalue weighted by molar-refractivity contribution is 5.76. The summed E-state index contributed by atoms with van der Waals surface area (Å²) in [4.78, 5) is 10.4. The summed E-state index contributed by atoms with van der Waals surface area (Å²) in [5.41, 5.74) is 2.74. The normalized spacial score (nSPS) is 9.79. The first-order valence-corrected chi connectivity index (χ1v) is 5.81. The third-order valence-corrected chi connectivity index (χ3v) is 2.83. The molecule has 4 heteroatoms. The maximum Gasteiger partial charge on any atom is 0.211 e. The van der Waals surface area contributed by atoms with Crippen LogP contribution in [-0.2, 0) is 4.79 Å². The van der Waals surface area contributed by atoms with Crippen LogP contribution < -0.4 is 14.8 Å². The Morgan fingerprint density at radius 1 is 1.00 bits per heavy atom. The first kappa shape index (κ1) is 13.0. The van der Waals surface area contributed by atoms with Crippen LogP contribution in [0.1, 0.15) is 0 Å². The van der Waals surface area contributed by atoms with Gasteiger partial charge in [0.15, 0.2) is 0 Å². The van der Waals surface area contributed by atoms with Crippen LogP contribution in [0.15, 0.2) is 42.5 Å². The van der Waals surface area contributed by atoms with Gasteiger partial charge in [0.2, 0.25) is 6.41 Å². The first-order chi connectivity index (χ1) is 9.28. The molecule has 0 unspecified atom stereocenters. The molecule has 2 rings (SSSR count). The Kier molecular flexibility index (Phi) is 4.03. The van der Waals surface area contributed by atoms with Gasteiger partial charge in [0.25, 0.3) is 0 Å². The number of anilines is 1. The Balaban J connectivity index is 2.37. The van der Waals surface area contributed by atoms with E-state index in [4.69, 9.17) is 9.47 Å². The number of amides is 1. The van der Waals surface area contributed by atoms with Crippen LogP contribution in [0.3, 0.4) is 0 Å². The summed E-state index contributed by atoms with van der Waals surface area (Å²) >= 11 is 0. The molecule has 0 aliphatic carbocycles. The van der Waals surface area contributed by atoms with E-state index in [0.29, 0.717) is 6.41 Å². The molecule has 2 aromatic rings. The second-order valence-electron chi connectivity index (χ2n) is 3.91. The van der Waals surface area contributed by atoms with Crippen molar-refractivity contribution in [3.63, 3.8) is 0 Å². The number of rotatable bonds is 5. The summed E-state index contributed by atoms with van der Waals surface area (Å²) in [6.07, 6.45) is 0.656. The first-order valence-electron chi connectivity index (χ1n) is 5.81. The van der Waals surface area contributed by atoms with E-state index in [9.17, 15) is 4.79 Å². The van der Waals surface area contributed by atoms with Gasteiger partial charge in [-0.2, -0.15) is 0 Å². The van der Waals surface area contributed by atoms with Gasteiger partial charge in [-0.15, -0.1) is 0 Å². The zero-order valence-corrected chi connectivity index (χ0v) is 10.8. The molecule has 4 nitrogen and oxygen atoms in total. The maximum absolute atomic E-state index is 10.4. The number of carbonyl (C=O) groups is 1. The molecule has 0 saturated carbocycles. The van der Waals surface area contributed by atoms with E-state index in [1.165, 1.54) is 0 Å². The van der Waals surface area contributed by atoms with Crippen molar-refractivity contribution in [3.8, 4) is 22.6 Å². The second-order valence-corrected chi connectivity index (χ2v) is 3.91. The monoisotopic (exact) mass is 257 g/mol. The molecule has 1 N–H and O–H groups in total. The molecule has 0 spiro atoms. The third-order valence-electron chi connectivity index (χ3n) is 2.83. The Morgan fingerprint density at radius 3 is 2.32 bits per heavy atom. The van der Waals surface area contributed by atoms with Gasteiger partial charge < -0.3 is 14.8 Å². The average molecular weight is 257 g/mol. The van der Waals surface area contributed by atoms with Gasteiger partial charge in [-0.25, -0.2) is 0 Å². The van der Waals surface area contributed by atoms with Gasteiger partial charge in [0.1, 0.15) is 11.5 Å². The van der Waals surface area contributed by atoms with E-state index in [1.807, 2.05) is 42.5 Å². The largest absolute Gasteiger partial charge is 0.497 e. The molecule has 0 aliphatic rings. The quantitative estimate of drug-likeness (QED) is 0.838. The molecule has 1 amide bonds. The second kappa shape index (κ2) is 5.91.